The van der Waals surface area contributed by atoms with E-state index in [1.807, 2.05) is 12.1 Å². The number of hydrogen-bond acceptors (Lipinski definition) is 3. The number of benzene rings is 2. The van der Waals surface area contributed by atoms with Gasteiger partial charge in [0.1, 0.15) is 17.5 Å². The molecule has 150 valence electrons. The van der Waals surface area contributed by atoms with E-state index in [9.17, 15) is 18.7 Å². The van der Waals surface area contributed by atoms with Gasteiger partial charge in [0.05, 0.1) is 6.61 Å². The summed E-state index contributed by atoms with van der Waals surface area (Å²) in [6.45, 7) is 1.23. The van der Waals surface area contributed by atoms with E-state index in [2.05, 4.69) is 9.88 Å². The monoisotopic (exact) mass is 396 g/mol. The smallest absolute Gasteiger partial charge is 0.257 e. The molecule has 0 unspecified atom stereocenters. The lowest BCUT2D eigenvalue weighted by Crippen LogP contribution is -2.42. The molecule has 0 saturated carbocycles. The number of halogens is 2. The van der Waals surface area contributed by atoms with Gasteiger partial charge in [-0.1, -0.05) is 12.1 Å². The number of aromatic amines is 1. The minimum absolute atomic E-state index is 0.129. The maximum atomic E-state index is 14.6. The number of nitrogens with one attached hydrogen (secondary N) is 1. The van der Waals surface area contributed by atoms with Gasteiger partial charge in [0.15, 0.2) is 0 Å². The van der Waals surface area contributed by atoms with Crippen molar-refractivity contribution < 1.29 is 13.9 Å². The van der Waals surface area contributed by atoms with E-state index in [0.29, 0.717) is 30.5 Å². The first-order valence-electron chi connectivity index (χ1n) is 10.00. The molecule has 0 amide bonds. The molecule has 1 fully saturated rings. The van der Waals surface area contributed by atoms with Crippen LogP contribution in [-0.2, 0) is 18.4 Å². The molecule has 6 heteroatoms. The number of H-pyrrole nitrogens is 1. The number of fused-ring (bicyclic) bond motifs is 3. The maximum Gasteiger partial charge on any atom is 0.257 e. The highest BCUT2D eigenvalue weighted by Crippen LogP contribution is 2.48. The summed E-state index contributed by atoms with van der Waals surface area (Å²) in [6, 6.07) is 9.71. The van der Waals surface area contributed by atoms with Crippen LogP contribution in [0.3, 0.4) is 0 Å². The fourth-order valence-corrected chi connectivity index (χ4v) is 5.24. The number of piperidine rings is 1. The molecule has 1 aliphatic carbocycles. The van der Waals surface area contributed by atoms with E-state index < -0.39 is 11.6 Å². The molecule has 0 bridgehead atoms. The van der Waals surface area contributed by atoms with E-state index >= 15 is 0 Å². The second-order valence-electron chi connectivity index (χ2n) is 8.21. The van der Waals surface area contributed by atoms with Gasteiger partial charge in [0, 0.05) is 30.0 Å². The summed E-state index contributed by atoms with van der Waals surface area (Å²) in [5.41, 5.74) is 1.77. The van der Waals surface area contributed by atoms with Gasteiger partial charge in [0.2, 0.25) is 0 Å². The van der Waals surface area contributed by atoms with Crippen molar-refractivity contribution in [3.05, 3.63) is 75.1 Å². The minimum atomic E-state index is -0.510. The van der Waals surface area contributed by atoms with Crippen LogP contribution in [0.2, 0.25) is 0 Å². The van der Waals surface area contributed by atoms with Crippen LogP contribution in [0.25, 0.3) is 10.8 Å². The molecule has 1 aliphatic heterocycles. The van der Waals surface area contributed by atoms with Gasteiger partial charge < -0.3 is 15.0 Å². The summed E-state index contributed by atoms with van der Waals surface area (Å²) in [5.74, 6) is -0.224. The van der Waals surface area contributed by atoms with Crippen LogP contribution >= 0.6 is 0 Å². The fraction of sp³-hybridized carbons (Fsp3) is 0.348. The minimum Gasteiger partial charge on any atom is -0.392 e. The Hall–Kier alpha value is -2.73. The summed E-state index contributed by atoms with van der Waals surface area (Å²) in [6.07, 6.45) is 3.05. The lowest BCUT2D eigenvalue weighted by Gasteiger charge is -2.41. The third-order valence-electron chi connectivity index (χ3n) is 6.74. The summed E-state index contributed by atoms with van der Waals surface area (Å²) in [5, 5.41) is 10.9. The van der Waals surface area contributed by atoms with Crippen molar-refractivity contribution in [1.29, 1.82) is 0 Å². The Morgan fingerprint density at radius 2 is 1.86 bits per heavy atom. The zero-order valence-corrected chi connectivity index (χ0v) is 16.0. The lowest BCUT2D eigenvalue weighted by atomic mass is 9.73. The van der Waals surface area contributed by atoms with Crippen molar-refractivity contribution >= 4 is 16.6 Å². The molecule has 2 aliphatic rings. The van der Waals surface area contributed by atoms with Crippen molar-refractivity contribution in [2.75, 3.05) is 18.0 Å². The number of aliphatic hydroxyl groups is 1. The van der Waals surface area contributed by atoms with Crippen LogP contribution < -0.4 is 10.5 Å². The average Bonchev–Trinajstić information content (AvgIpc) is 3.06. The molecule has 1 aromatic heterocycles. The number of aryl methyl sites for hydroxylation is 1. The van der Waals surface area contributed by atoms with Gasteiger partial charge in [0.25, 0.3) is 5.56 Å². The Morgan fingerprint density at radius 1 is 1.07 bits per heavy atom. The van der Waals surface area contributed by atoms with Crippen LogP contribution in [-0.4, -0.2) is 23.2 Å². The number of pyridine rings is 1. The Labute approximate surface area is 166 Å². The number of anilines is 1. The van der Waals surface area contributed by atoms with Crippen LogP contribution in [0.5, 0.6) is 0 Å². The van der Waals surface area contributed by atoms with E-state index in [0.717, 1.165) is 47.7 Å². The summed E-state index contributed by atoms with van der Waals surface area (Å²) < 4.78 is 28.2. The molecule has 1 saturated heterocycles. The molecular formula is C23H22F2N2O2. The van der Waals surface area contributed by atoms with Crippen LogP contribution in [0.4, 0.5) is 14.6 Å². The van der Waals surface area contributed by atoms with Gasteiger partial charge in [-0.2, -0.15) is 0 Å². The molecule has 2 N–H and O–H groups in total. The Bertz CT molecular complexity index is 1160. The number of nitrogens with zero attached hydrogens (tertiary/aromatic N) is 1. The molecule has 2 heterocycles. The molecule has 1 spiro atoms. The third kappa shape index (κ3) is 2.85. The van der Waals surface area contributed by atoms with Gasteiger partial charge >= 0.3 is 0 Å². The van der Waals surface area contributed by atoms with Crippen LogP contribution in [0, 0.1) is 11.6 Å². The zero-order valence-electron chi connectivity index (χ0n) is 16.0. The van der Waals surface area contributed by atoms with Crippen LogP contribution in [0.1, 0.15) is 36.0 Å². The van der Waals surface area contributed by atoms with Gasteiger partial charge in [-0.3, -0.25) is 4.79 Å². The Kier molecular flexibility index (Phi) is 4.21. The first-order chi connectivity index (χ1) is 14.0. The first kappa shape index (κ1) is 18.3. The second-order valence-corrected chi connectivity index (χ2v) is 8.21. The van der Waals surface area contributed by atoms with Crippen molar-refractivity contribution in [3.63, 3.8) is 0 Å². The average molecular weight is 396 g/mol. The lowest BCUT2D eigenvalue weighted by molar-refractivity contribution is 0.283. The molecule has 3 aromatic rings. The van der Waals surface area contributed by atoms with Crippen molar-refractivity contribution in [2.24, 2.45) is 0 Å². The first-order valence-corrected chi connectivity index (χ1v) is 10.00. The molecular weight excluding hydrogens is 374 g/mol. The molecule has 0 atom stereocenters. The van der Waals surface area contributed by atoms with E-state index in [-0.39, 0.29) is 17.6 Å². The van der Waals surface area contributed by atoms with Crippen molar-refractivity contribution in [2.45, 2.75) is 37.7 Å². The topological polar surface area (TPSA) is 56.3 Å². The summed E-state index contributed by atoms with van der Waals surface area (Å²) >= 11 is 0. The van der Waals surface area contributed by atoms with E-state index in [1.54, 1.807) is 12.1 Å². The highest BCUT2D eigenvalue weighted by atomic mass is 19.1. The maximum absolute atomic E-state index is 14.6. The van der Waals surface area contributed by atoms with Gasteiger partial charge in [-0.15, -0.1) is 0 Å². The van der Waals surface area contributed by atoms with E-state index in [4.69, 9.17) is 0 Å². The number of hydrogen-bond donors (Lipinski definition) is 2. The van der Waals surface area contributed by atoms with Crippen LogP contribution in [0.15, 0.2) is 41.2 Å². The molecule has 4 nitrogen and oxygen atoms in total. The Balaban J connectivity index is 1.46. The number of aromatic nitrogens is 1. The largest absolute Gasteiger partial charge is 0.392 e. The highest BCUT2D eigenvalue weighted by Gasteiger charge is 2.43. The SMILES string of the molecule is O=c1[nH]c(N2CCC3(CCc4cc(F)cc(F)c43)CC2)cc2c(CO)cccc12. The van der Waals surface area contributed by atoms with Crippen molar-refractivity contribution in [3.8, 4) is 0 Å². The molecule has 29 heavy (non-hydrogen) atoms. The van der Waals surface area contributed by atoms with Gasteiger partial charge in [-0.25, -0.2) is 8.78 Å². The van der Waals surface area contributed by atoms with E-state index in [1.165, 1.54) is 6.07 Å². The summed E-state index contributed by atoms with van der Waals surface area (Å²) in [4.78, 5) is 17.6. The quantitative estimate of drug-likeness (QED) is 0.693. The zero-order chi connectivity index (χ0) is 20.2. The Morgan fingerprint density at radius 3 is 2.62 bits per heavy atom. The second kappa shape index (κ2) is 6.66. The number of rotatable bonds is 2. The standard InChI is InChI=1S/C23H22F2N2O2/c24-16-10-14-4-5-23(21(14)19(25)11-16)6-8-27(9-7-23)20-12-18-15(13-28)2-1-3-17(18)22(29)26-20/h1-3,10-12,28H,4-9,13H2,(H,26,29). The molecule has 0 radical (unpaired) electrons. The molecule has 2 aromatic carbocycles. The summed E-state index contributed by atoms with van der Waals surface area (Å²) in [7, 11) is 0. The van der Waals surface area contributed by atoms with Gasteiger partial charge in [-0.05, 0) is 66.0 Å². The predicted octanol–water partition coefficient (Wildman–Crippen LogP) is 3.78. The number of aliphatic hydroxyl groups excluding tert-OH is 1. The molecule has 5 rings (SSSR count). The van der Waals surface area contributed by atoms with Crippen molar-refractivity contribution in [1.82, 2.24) is 4.98 Å². The highest BCUT2D eigenvalue weighted by molar-refractivity contribution is 5.87. The third-order valence-corrected chi connectivity index (χ3v) is 6.74. The normalized spacial score (nSPS) is 17.8. The predicted molar refractivity (Wildman–Crippen MR) is 108 cm³/mol. The fourth-order valence-electron chi connectivity index (χ4n) is 5.24.